The highest BCUT2D eigenvalue weighted by Gasteiger charge is 2.29. The topological polar surface area (TPSA) is 75.9 Å². The van der Waals surface area contributed by atoms with Gasteiger partial charge in [0.05, 0.1) is 0 Å². The van der Waals surface area contributed by atoms with E-state index in [0.29, 0.717) is 5.82 Å². The molecule has 1 aromatic rings. The molecule has 5 heteroatoms. The number of aromatic nitrogens is 2. The molecule has 2 rings (SSSR count). The Morgan fingerprint density at radius 2 is 1.71 bits per heavy atom. The highest BCUT2D eigenvalue weighted by molar-refractivity contribution is 5.57. The van der Waals surface area contributed by atoms with Crippen molar-refractivity contribution in [2.24, 2.45) is 5.84 Å². The van der Waals surface area contributed by atoms with Crippen molar-refractivity contribution in [1.29, 1.82) is 0 Å². The standard InChI is InChI=1S/C12H21N5/c1-8-10(14-9(2)15-11(8)17-13)16-12(3)6-4-5-7-12/h4-7,13H2,1-3H3,(H2,14,15,16,17). The molecule has 0 bridgehead atoms. The number of nitrogens with one attached hydrogen (secondary N) is 2. The molecule has 1 aliphatic rings. The first-order chi connectivity index (χ1) is 8.04. The van der Waals surface area contributed by atoms with Gasteiger partial charge in [0.1, 0.15) is 17.5 Å². The zero-order valence-electron chi connectivity index (χ0n) is 10.8. The summed E-state index contributed by atoms with van der Waals surface area (Å²) in [5.41, 5.74) is 3.76. The maximum Gasteiger partial charge on any atom is 0.148 e. The van der Waals surface area contributed by atoms with Gasteiger partial charge in [-0.25, -0.2) is 15.8 Å². The molecule has 1 aromatic heterocycles. The van der Waals surface area contributed by atoms with Gasteiger partial charge in [-0.15, -0.1) is 0 Å². The summed E-state index contributed by atoms with van der Waals surface area (Å²) in [5, 5.41) is 3.55. The minimum Gasteiger partial charge on any atom is -0.365 e. The number of hydrazine groups is 1. The predicted octanol–water partition coefficient (Wildman–Crippen LogP) is 2.12. The van der Waals surface area contributed by atoms with E-state index >= 15 is 0 Å². The quantitative estimate of drug-likeness (QED) is 0.552. The number of nitrogens with two attached hydrogens (primary N) is 1. The largest absolute Gasteiger partial charge is 0.365 e. The molecular weight excluding hydrogens is 214 g/mol. The molecule has 0 radical (unpaired) electrons. The van der Waals surface area contributed by atoms with E-state index in [2.05, 4.69) is 27.6 Å². The summed E-state index contributed by atoms with van der Waals surface area (Å²) in [6.07, 6.45) is 4.96. The lowest BCUT2D eigenvalue weighted by atomic mass is 10.0. The minimum atomic E-state index is 0.164. The zero-order valence-corrected chi connectivity index (χ0v) is 10.8. The molecule has 17 heavy (non-hydrogen) atoms. The lowest BCUT2D eigenvalue weighted by molar-refractivity contribution is 0.530. The highest BCUT2D eigenvalue weighted by atomic mass is 15.3. The van der Waals surface area contributed by atoms with Gasteiger partial charge in [0.25, 0.3) is 0 Å². The fraction of sp³-hybridized carbons (Fsp3) is 0.667. The van der Waals surface area contributed by atoms with Gasteiger partial charge < -0.3 is 10.7 Å². The van der Waals surface area contributed by atoms with Crippen LogP contribution in [0.1, 0.15) is 44.0 Å². The second-order valence-electron chi connectivity index (χ2n) is 5.13. The molecule has 0 amide bonds. The van der Waals surface area contributed by atoms with E-state index in [4.69, 9.17) is 5.84 Å². The Morgan fingerprint density at radius 1 is 1.12 bits per heavy atom. The molecule has 4 N–H and O–H groups in total. The van der Waals surface area contributed by atoms with Gasteiger partial charge in [-0.2, -0.15) is 0 Å². The molecule has 1 heterocycles. The molecule has 0 saturated heterocycles. The Morgan fingerprint density at radius 3 is 2.29 bits per heavy atom. The van der Waals surface area contributed by atoms with Crippen molar-refractivity contribution < 1.29 is 0 Å². The Balaban J connectivity index is 2.28. The first kappa shape index (κ1) is 12.1. The van der Waals surface area contributed by atoms with Crippen LogP contribution < -0.4 is 16.6 Å². The maximum absolute atomic E-state index is 5.46. The van der Waals surface area contributed by atoms with Crippen molar-refractivity contribution in [3.8, 4) is 0 Å². The molecular formula is C12H21N5. The van der Waals surface area contributed by atoms with E-state index in [0.717, 1.165) is 17.2 Å². The first-order valence-electron chi connectivity index (χ1n) is 6.14. The van der Waals surface area contributed by atoms with Crippen LogP contribution in [0.4, 0.5) is 11.6 Å². The Kier molecular flexibility index (Phi) is 3.19. The van der Waals surface area contributed by atoms with Crippen molar-refractivity contribution in [3.63, 3.8) is 0 Å². The number of rotatable bonds is 3. The van der Waals surface area contributed by atoms with Crippen molar-refractivity contribution >= 4 is 11.6 Å². The summed E-state index contributed by atoms with van der Waals surface area (Å²) in [6, 6.07) is 0. The summed E-state index contributed by atoms with van der Waals surface area (Å²) < 4.78 is 0. The summed E-state index contributed by atoms with van der Waals surface area (Å²) >= 11 is 0. The number of nitrogen functional groups attached to an aromatic ring is 1. The molecule has 94 valence electrons. The fourth-order valence-corrected chi connectivity index (χ4v) is 2.46. The lowest BCUT2D eigenvalue weighted by Crippen LogP contribution is -2.32. The van der Waals surface area contributed by atoms with Crippen molar-refractivity contribution in [2.75, 3.05) is 10.7 Å². The van der Waals surface area contributed by atoms with Gasteiger partial charge in [-0.05, 0) is 33.6 Å². The molecule has 5 nitrogen and oxygen atoms in total. The Labute approximate surface area is 102 Å². The minimum absolute atomic E-state index is 0.164. The number of hydrogen-bond acceptors (Lipinski definition) is 5. The molecule has 1 aliphatic carbocycles. The summed E-state index contributed by atoms with van der Waals surface area (Å²) in [7, 11) is 0. The third-order valence-electron chi connectivity index (χ3n) is 3.52. The fourth-order valence-electron chi connectivity index (χ4n) is 2.46. The van der Waals surface area contributed by atoms with Crippen LogP contribution in [0.25, 0.3) is 0 Å². The monoisotopic (exact) mass is 235 g/mol. The van der Waals surface area contributed by atoms with Gasteiger partial charge >= 0.3 is 0 Å². The van der Waals surface area contributed by atoms with Crippen LogP contribution in [-0.4, -0.2) is 15.5 Å². The smallest absolute Gasteiger partial charge is 0.148 e. The summed E-state index contributed by atoms with van der Waals surface area (Å²) in [5.74, 6) is 7.78. The van der Waals surface area contributed by atoms with E-state index in [1.807, 2.05) is 13.8 Å². The molecule has 0 aromatic carbocycles. The van der Waals surface area contributed by atoms with E-state index in [1.165, 1.54) is 25.7 Å². The van der Waals surface area contributed by atoms with Crippen LogP contribution >= 0.6 is 0 Å². The van der Waals surface area contributed by atoms with Crippen molar-refractivity contribution in [1.82, 2.24) is 9.97 Å². The van der Waals surface area contributed by atoms with E-state index in [-0.39, 0.29) is 5.54 Å². The van der Waals surface area contributed by atoms with Crippen LogP contribution in [0.3, 0.4) is 0 Å². The molecule has 0 unspecified atom stereocenters. The normalized spacial score (nSPS) is 18.1. The van der Waals surface area contributed by atoms with E-state index in [9.17, 15) is 0 Å². The second kappa shape index (κ2) is 4.49. The van der Waals surface area contributed by atoms with Gasteiger partial charge in [0.2, 0.25) is 0 Å². The maximum atomic E-state index is 5.46. The Bertz CT molecular complexity index is 410. The average Bonchev–Trinajstić information content (AvgIpc) is 2.70. The number of hydrogen-bond donors (Lipinski definition) is 3. The third kappa shape index (κ3) is 2.49. The van der Waals surface area contributed by atoms with Crippen molar-refractivity contribution in [2.45, 2.75) is 52.0 Å². The highest BCUT2D eigenvalue weighted by Crippen LogP contribution is 2.33. The van der Waals surface area contributed by atoms with Crippen LogP contribution in [0.2, 0.25) is 0 Å². The summed E-state index contributed by atoms with van der Waals surface area (Å²) in [4.78, 5) is 8.73. The molecule has 0 atom stereocenters. The lowest BCUT2D eigenvalue weighted by Gasteiger charge is -2.27. The van der Waals surface area contributed by atoms with Crippen LogP contribution in [0.15, 0.2) is 0 Å². The number of aryl methyl sites for hydroxylation is 1. The SMILES string of the molecule is Cc1nc(NN)c(C)c(NC2(C)CCCC2)n1. The van der Waals surface area contributed by atoms with Gasteiger partial charge in [-0.1, -0.05) is 12.8 Å². The Hall–Kier alpha value is -1.36. The average molecular weight is 235 g/mol. The van der Waals surface area contributed by atoms with Gasteiger partial charge in [-0.3, -0.25) is 0 Å². The third-order valence-corrected chi connectivity index (χ3v) is 3.52. The molecule has 1 fully saturated rings. The zero-order chi connectivity index (χ0) is 12.5. The second-order valence-corrected chi connectivity index (χ2v) is 5.13. The molecule has 0 aliphatic heterocycles. The van der Waals surface area contributed by atoms with Crippen LogP contribution in [0.5, 0.6) is 0 Å². The van der Waals surface area contributed by atoms with E-state index in [1.54, 1.807) is 0 Å². The van der Waals surface area contributed by atoms with Crippen LogP contribution in [-0.2, 0) is 0 Å². The summed E-state index contributed by atoms with van der Waals surface area (Å²) in [6.45, 7) is 6.12. The van der Waals surface area contributed by atoms with Gasteiger partial charge in [0, 0.05) is 11.1 Å². The number of anilines is 2. The predicted molar refractivity (Wildman–Crippen MR) is 69.8 cm³/mol. The van der Waals surface area contributed by atoms with Gasteiger partial charge in [0.15, 0.2) is 0 Å². The number of nitrogens with zero attached hydrogens (tertiary/aromatic N) is 2. The molecule has 0 spiro atoms. The molecule has 1 saturated carbocycles. The van der Waals surface area contributed by atoms with Crippen LogP contribution in [0, 0.1) is 13.8 Å². The first-order valence-corrected chi connectivity index (χ1v) is 6.14. The van der Waals surface area contributed by atoms with Crippen molar-refractivity contribution in [3.05, 3.63) is 11.4 Å². The van der Waals surface area contributed by atoms with E-state index < -0.39 is 0 Å².